The third kappa shape index (κ3) is 3.26. The summed E-state index contributed by atoms with van der Waals surface area (Å²) < 4.78 is 29.1. The van der Waals surface area contributed by atoms with E-state index in [1.807, 2.05) is 37.5 Å². The molecule has 164 valence electrons. The zero-order valence-corrected chi connectivity index (χ0v) is 19.3. The van der Waals surface area contributed by atoms with Crippen molar-refractivity contribution in [2.75, 3.05) is 0 Å². The van der Waals surface area contributed by atoms with Gasteiger partial charge in [0.1, 0.15) is 6.04 Å². The molecular formula is C24H22N2O4S2. The summed E-state index contributed by atoms with van der Waals surface area (Å²) >= 11 is 1.41. The highest BCUT2D eigenvalue weighted by molar-refractivity contribution is 7.89. The maximum atomic E-state index is 12.9. The normalized spacial score (nSPS) is 16.3. The van der Waals surface area contributed by atoms with Crippen molar-refractivity contribution in [1.29, 1.82) is 0 Å². The number of aromatic nitrogens is 1. The lowest BCUT2D eigenvalue weighted by molar-refractivity contribution is -0.141. The number of aliphatic carboxylic acids is 1. The van der Waals surface area contributed by atoms with E-state index in [9.17, 15) is 18.3 Å². The van der Waals surface area contributed by atoms with Crippen molar-refractivity contribution in [3.8, 4) is 21.6 Å². The number of rotatable bonds is 5. The van der Waals surface area contributed by atoms with E-state index in [0.717, 1.165) is 25.9 Å². The Balaban J connectivity index is 1.43. The molecule has 1 unspecified atom stereocenters. The van der Waals surface area contributed by atoms with Crippen LogP contribution in [0, 0.1) is 0 Å². The smallest absolute Gasteiger partial charge is 0.322 e. The van der Waals surface area contributed by atoms with Crippen molar-refractivity contribution in [1.82, 2.24) is 8.87 Å². The first kappa shape index (κ1) is 20.9. The van der Waals surface area contributed by atoms with Crippen molar-refractivity contribution in [3.05, 3.63) is 65.7 Å². The Morgan fingerprint density at radius 1 is 1.06 bits per heavy atom. The molecule has 0 spiro atoms. The average Bonchev–Trinajstić information content (AvgIpc) is 3.43. The van der Waals surface area contributed by atoms with Crippen LogP contribution in [0.1, 0.15) is 18.2 Å². The second kappa shape index (κ2) is 7.58. The van der Waals surface area contributed by atoms with Crippen molar-refractivity contribution < 1.29 is 18.3 Å². The first-order valence-electron chi connectivity index (χ1n) is 10.3. The monoisotopic (exact) mass is 466 g/mol. The lowest BCUT2D eigenvalue weighted by atomic mass is 10.0. The van der Waals surface area contributed by atoms with Gasteiger partial charge in [-0.1, -0.05) is 37.3 Å². The van der Waals surface area contributed by atoms with E-state index in [2.05, 4.69) is 28.8 Å². The second-order valence-electron chi connectivity index (χ2n) is 7.99. The topological polar surface area (TPSA) is 79.6 Å². The van der Waals surface area contributed by atoms with Crippen LogP contribution in [0.25, 0.3) is 32.5 Å². The van der Waals surface area contributed by atoms with Crippen LogP contribution in [-0.2, 0) is 28.4 Å². The zero-order valence-electron chi connectivity index (χ0n) is 17.6. The molecule has 2 aromatic heterocycles. The van der Waals surface area contributed by atoms with Gasteiger partial charge in [0.05, 0.1) is 11.4 Å². The van der Waals surface area contributed by atoms with Gasteiger partial charge in [-0.05, 0) is 47.4 Å². The van der Waals surface area contributed by atoms with Gasteiger partial charge in [0, 0.05) is 33.9 Å². The van der Waals surface area contributed by atoms with Gasteiger partial charge in [0.25, 0.3) is 0 Å². The van der Waals surface area contributed by atoms with Crippen LogP contribution in [0.15, 0.2) is 65.7 Å². The summed E-state index contributed by atoms with van der Waals surface area (Å²) in [6, 6.07) is 17.2. The molecule has 4 aromatic rings. The number of fused-ring (bicyclic) bond motifs is 2. The van der Waals surface area contributed by atoms with Gasteiger partial charge in [0.2, 0.25) is 10.0 Å². The highest BCUT2D eigenvalue weighted by atomic mass is 32.2. The number of sulfonamides is 1. The second-order valence-corrected chi connectivity index (χ2v) is 11.0. The van der Waals surface area contributed by atoms with Gasteiger partial charge in [-0.15, -0.1) is 11.3 Å². The summed E-state index contributed by atoms with van der Waals surface area (Å²) in [5.41, 5.74) is 4.35. The molecule has 0 bridgehead atoms. The quantitative estimate of drug-likeness (QED) is 0.452. The summed E-state index contributed by atoms with van der Waals surface area (Å²) in [5, 5.41) is 10.6. The van der Waals surface area contributed by atoms with E-state index >= 15 is 0 Å². The number of hydrogen-bond acceptors (Lipinski definition) is 4. The summed E-state index contributed by atoms with van der Waals surface area (Å²) in [4.78, 5) is 13.3. The van der Waals surface area contributed by atoms with Crippen LogP contribution in [0.3, 0.4) is 0 Å². The number of carbonyl (C=O) groups is 1. The molecule has 0 saturated heterocycles. The summed E-state index contributed by atoms with van der Waals surface area (Å²) in [6.45, 7) is 1.80. The third-order valence-corrected chi connectivity index (χ3v) is 9.28. The Morgan fingerprint density at radius 2 is 1.75 bits per heavy atom. The van der Waals surface area contributed by atoms with E-state index in [1.54, 1.807) is 13.0 Å². The Kier molecular flexibility index (Phi) is 4.96. The van der Waals surface area contributed by atoms with Gasteiger partial charge < -0.3 is 9.67 Å². The lowest BCUT2D eigenvalue weighted by Crippen LogP contribution is -2.40. The van der Waals surface area contributed by atoms with E-state index in [1.165, 1.54) is 22.2 Å². The maximum Gasteiger partial charge on any atom is 0.322 e. The molecular weight excluding hydrogens is 444 g/mol. The van der Waals surface area contributed by atoms with Gasteiger partial charge in [-0.3, -0.25) is 4.79 Å². The molecule has 6 nitrogen and oxygen atoms in total. The molecule has 0 radical (unpaired) electrons. The Bertz CT molecular complexity index is 1450. The third-order valence-electron chi connectivity index (χ3n) is 6.06. The first-order valence-corrected chi connectivity index (χ1v) is 12.6. The molecule has 0 amide bonds. The molecule has 3 heterocycles. The molecule has 32 heavy (non-hydrogen) atoms. The molecule has 8 heteroatoms. The summed E-state index contributed by atoms with van der Waals surface area (Å²) in [7, 11) is -1.77. The SMILES string of the molecule is CCC(C(=O)O)N1Cc2sc(-c3ccc(-c4ccc5c(ccn5C)c4)cc3)cc2S1(=O)=O. The van der Waals surface area contributed by atoms with Crippen LogP contribution in [0.4, 0.5) is 0 Å². The van der Waals surface area contributed by atoms with Crippen LogP contribution in [0.5, 0.6) is 0 Å². The minimum atomic E-state index is -3.80. The molecule has 1 atom stereocenters. The molecule has 5 rings (SSSR count). The lowest BCUT2D eigenvalue weighted by Gasteiger charge is -2.21. The Morgan fingerprint density at radius 3 is 2.41 bits per heavy atom. The average molecular weight is 467 g/mol. The first-order chi connectivity index (χ1) is 15.3. The molecule has 1 N–H and O–H groups in total. The number of carboxylic acids is 1. The van der Waals surface area contributed by atoms with Crippen LogP contribution in [0.2, 0.25) is 0 Å². The standard InChI is InChI=1S/C24H22N2O4S2/c1-3-19(24(27)28)26-14-22-23(32(26,29)30)13-21(31-22)16-6-4-15(5-7-16)17-8-9-20-18(12-17)10-11-25(20)2/h4-13,19H,3,14H2,1-2H3,(H,27,28). The molecule has 2 aromatic carbocycles. The highest BCUT2D eigenvalue weighted by Gasteiger charge is 2.43. The van der Waals surface area contributed by atoms with Gasteiger partial charge in [0.15, 0.2) is 0 Å². The molecule has 1 aliphatic rings. The predicted octanol–water partition coefficient (Wildman–Crippen LogP) is 4.94. The van der Waals surface area contributed by atoms with Crippen LogP contribution in [-0.4, -0.2) is 34.4 Å². The minimum Gasteiger partial charge on any atom is -0.480 e. The van der Waals surface area contributed by atoms with Crippen LogP contribution >= 0.6 is 11.3 Å². The van der Waals surface area contributed by atoms with E-state index in [0.29, 0.717) is 4.88 Å². The fraction of sp³-hybridized carbons (Fsp3) is 0.208. The van der Waals surface area contributed by atoms with Gasteiger partial charge >= 0.3 is 5.97 Å². The minimum absolute atomic E-state index is 0.113. The van der Waals surface area contributed by atoms with Crippen LogP contribution < -0.4 is 0 Å². The van der Waals surface area contributed by atoms with Gasteiger partial charge in [-0.2, -0.15) is 4.31 Å². The molecule has 0 fully saturated rings. The molecule has 0 saturated carbocycles. The van der Waals surface area contributed by atoms with E-state index < -0.39 is 22.0 Å². The van der Waals surface area contributed by atoms with Crippen molar-refractivity contribution in [2.45, 2.75) is 30.8 Å². The number of hydrogen-bond donors (Lipinski definition) is 1. The van der Waals surface area contributed by atoms with E-state index in [-0.39, 0.29) is 17.9 Å². The van der Waals surface area contributed by atoms with Crippen molar-refractivity contribution in [2.24, 2.45) is 7.05 Å². The largest absolute Gasteiger partial charge is 0.480 e. The molecule has 0 aliphatic carbocycles. The fourth-order valence-electron chi connectivity index (χ4n) is 4.30. The summed E-state index contributed by atoms with van der Waals surface area (Å²) in [6.07, 6.45) is 2.27. The number of thiophene rings is 1. The van der Waals surface area contributed by atoms with Gasteiger partial charge in [-0.25, -0.2) is 8.42 Å². The van der Waals surface area contributed by atoms with E-state index in [4.69, 9.17) is 0 Å². The number of aryl methyl sites for hydroxylation is 1. The number of carboxylic acid groups (broad SMARTS) is 1. The Labute approximate surface area is 190 Å². The highest BCUT2D eigenvalue weighted by Crippen LogP contribution is 2.42. The molecule has 1 aliphatic heterocycles. The predicted molar refractivity (Wildman–Crippen MR) is 126 cm³/mol. The van der Waals surface area contributed by atoms with Crippen molar-refractivity contribution >= 4 is 38.2 Å². The Hall–Kier alpha value is -2.94. The number of benzene rings is 2. The van der Waals surface area contributed by atoms with Crippen molar-refractivity contribution in [3.63, 3.8) is 0 Å². The fourth-order valence-corrected chi connectivity index (χ4v) is 7.70. The zero-order chi connectivity index (χ0) is 22.6. The maximum absolute atomic E-state index is 12.9. The summed E-state index contributed by atoms with van der Waals surface area (Å²) in [5.74, 6) is -1.12. The number of nitrogens with zero attached hydrogens (tertiary/aromatic N) is 2.